The first-order chi connectivity index (χ1) is 10.1. The summed E-state index contributed by atoms with van der Waals surface area (Å²) in [5, 5.41) is 0. The molecule has 1 aromatic heterocycles. The van der Waals surface area contributed by atoms with Gasteiger partial charge in [-0.25, -0.2) is 0 Å². The zero-order chi connectivity index (χ0) is 15.2. The van der Waals surface area contributed by atoms with Gasteiger partial charge in [0.25, 0.3) is 0 Å². The molecular weight excluding hydrogens is 260 g/mol. The molecule has 1 heterocycles. The van der Waals surface area contributed by atoms with Crippen LogP contribution in [-0.2, 0) is 0 Å². The molecule has 0 radical (unpaired) electrons. The lowest BCUT2D eigenvalue weighted by atomic mass is 9.99. The zero-order valence-corrected chi connectivity index (χ0v) is 13.0. The third-order valence-electron chi connectivity index (χ3n) is 3.88. The van der Waals surface area contributed by atoms with Crippen molar-refractivity contribution in [1.82, 2.24) is 4.98 Å². The van der Waals surface area contributed by atoms with Gasteiger partial charge in [-0.15, -0.1) is 0 Å². The Morgan fingerprint density at radius 3 is 2.19 bits per heavy atom. The van der Waals surface area contributed by atoms with Gasteiger partial charge in [0.05, 0.1) is 11.9 Å². The summed E-state index contributed by atoms with van der Waals surface area (Å²) < 4.78 is 5.81. The Morgan fingerprint density at radius 2 is 1.67 bits per heavy atom. The lowest BCUT2D eigenvalue weighted by Crippen LogP contribution is -2.10. The summed E-state index contributed by atoms with van der Waals surface area (Å²) in [6, 6.07) is 12.1. The van der Waals surface area contributed by atoms with E-state index in [2.05, 4.69) is 37.9 Å². The van der Waals surface area contributed by atoms with Crippen LogP contribution >= 0.6 is 0 Å². The number of pyridine rings is 1. The van der Waals surface area contributed by atoms with Gasteiger partial charge in [0.15, 0.2) is 0 Å². The summed E-state index contributed by atoms with van der Waals surface area (Å²) in [7, 11) is 0. The minimum atomic E-state index is -0.00568. The van der Waals surface area contributed by atoms with E-state index in [1.165, 1.54) is 5.56 Å². The van der Waals surface area contributed by atoms with Crippen LogP contribution in [0.5, 0.6) is 11.5 Å². The summed E-state index contributed by atoms with van der Waals surface area (Å²) in [6.07, 6.45) is 3.75. The molecule has 2 unspecified atom stereocenters. The summed E-state index contributed by atoms with van der Waals surface area (Å²) in [5.41, 5.74) is 8.19. The minimum Gasteiger partial charge on any atom is -0.456 e. The fraction of sp³-hybridized carbons (Fsp3) is 0.389. The summed E-state index contributed by atoms with van der Waals surface area (Å²) in [5.74, 6) is 2.14. The molecule has 0 bridgehead atoms. The van der Waals surface area contributed by atoms with Crippen LogP contribution in [0.3, 0.4) is 0 Å². The molecule has 1 aromatic carbocycles. The standard InChI is InChI=1S/C18H24N2O/c1-4-13(3)14-6-8-15(9-7-14)21-16-10-11-18(20-12-16)17(19)5-2/h6-13,17H,4-5,19H2,1-3H3. The van der Waals surface area contributed by atoms with Gasteiger partial charge in [-0.1, -0.05) is 32.9 Å². The number of hydrogen-bond acceptors (Lipinski definition) is 3. The monoisotopic (exact) mass is 284 g/mol. The molecule has 2 aromatic rings. The molecule has 21 heavy (non-hydrogen) atoms. The summed E-state index contributed by atoms with van der Waals surface area (Å²) in [6.45, 7) is 6.48. The molecule has 0 spiro atoms. The Morgan fingerprint density at radius 1 is 1.00 bits per heavy atom. The highest BCUT2D eigenvalue weighted by Crippen LogP contribution is 2.25. The van der Waals surface area contributed by atoms with Gasteiger partial charge in [-0.3, -0.25) is 4.98 Å². The first-order valence-corrected chi connectivity index (χ1v) is 7.63. The summed E-state index contributed by atoms with van der Waals surface area (Å²) in [4.78, 5) is 4.35. The topological polar surface area (TPSA) is 48.1 Å². The van der Waals surface area contributed by atoms with Gasteiger partial charge in [-0.05, 0) is 48.6 Å². The number of benzene rings is 1. The average Bonchev–Trinajstić information content (AvgIpc) is 2.55. The van der Waals surface area contributed by atoms with Crippen molar-refractivity contribution >= 4 is 0 Å². The van der Waals surface area contributed by atoms with Crippen LogP contribution in [0.15, 0.2) is 42.6 Å². The maximum Gasteiger partial charge on any atom is 0.145 e. The number of rotatable bonds is 6. The van der Waals surface area contributed by atoms with Crippen LogP contribution in [0.1, 0.15) is 56.8 Å². The molecule has 0 saturated heterocycles. The Hall–Kier alpha value is -1.87. The predicted molar refractivity (Wildman–Crippen MR) is 86.7 cm³/mol. The average molecular weight is 284 g/mol. The van der Waals surface area contributed by atoms with Gasteiger partial charge >= 0.3 is 0 Å². The molecule has 0 aliphatic carbocycles. The van der Waals surface area contributed by atoms with Crippen LogP contribution in [0, 0.1) is 0 Å². The highest BCUT2D eigenvalue weighted by Gasteiger charge is 2.06. The smallest absolute Gasteiger partial charge is 0.145 e. The van der Waals surface area contributed by atoms with Crippen molar-refractivity contribution in [1.29, 1.82) is 0 Å². The molecule has 3 nitrogen and oxygen atoms in total. The van der Waals surface area contributed by atoms with Crippen LogP contribution in [0.25, 0.3) is 0 Å². The summed E-state index contributed by atoms with van der Waals surface area (Å²) >= 11 is 0. The third kappa shape index (κ3) is 4.05. The molecular formula is C18H24N2O. The number of hydrogen-bond donors (Lipinski definition) is 1. The molecule has 0 fully saturated rings. The number of aromatic nitrogens is 1. The van der Waals surface area contributed by atoms with Gasteiger partial charge in [-0.2, -0.15) is 0 Å². The quantitative estimate of drug-likeness (QED) is 0.829. The van der Waals surface area contributed by atoms with E-state index in [1.54, 1.807) is 6.20 Å². The van der Waals surface area contributed by atoms with E-state index in [9.17, 15) is 0 Å². The second-order valence-corrected chi connectivity index (χ2v) is 5.41. The van der Waals surface area contributed by atoms with Crippen molar-refractivity contribution in [3.63, 3.8) is 0 Å². The Kier molecular flexibility index (Phi) is 5.34. The Bertz CT molecular complexity index is 497. The predicted octanol–water partition coefficient (Wildman–Crippen LogP) is 4.80. The molecule has 0 amide bonds. The maximum absolute atomic E-state index is 5.95. The van der Waals surface area contributed by atoms with E-state index in [1.807, 2.05) is 24.3 Å². The first-order valence-electron chi connectivity index (χ1n) is 7.63. The second-order valence-electron chi connectivity index (χ2n) is 5.41. The van der Waals surface area contributed by atoms with E-state index in [0.717, 1.165) is 30.0 Å². The molecule has 2 atom stereocenters. The van der Waals surface area contributed by atoms with E-state index < -0.39 is 0 Å². The molecule has 3 heteroatoms. The lowest BCUT2D eigenvalue weighted by molar-refractivity contribution is 0.478. The van der Waals surface area contributed by atoms with Crippen LogP contribution in [0.4, 0.5) is 0 Å². The normalized spacial score (nSPS) is 13.7. The van der Waals surface area contributed by atoms with Gasteiger partial charge in [0.2, 0.25) is 0 Å². The molecule has 0 aliphatic heterocycles. The fourth-order valence-electron chi connectivity index (χ4n) is 2.12. The van der Waals surface area contributed by atoms with Crippen molar-refractivity contribution in [2.75, 3.05) is 0 Å². The van der Waals surface area contributed by atoms with E-state index in [4.69, 9.17) is 10.5 Å². The first kappa shape index (κ1) is 15.5. The van der Waals surface area contributed by atoms with Gasteiger partial charge in [0, 0.05) is 6.04 Å². The molecule has 0 aliphatic rings. The molecule has 112 valence electrons. The van der Waals surface area contributed by atoms with E-state index in [0.29, 0.717) is 5.92 Å². The lowest BCUT2D eigenvalue weighted by Gasteiger charge is -2.11. The SMILES string of the molecule is CCC(C)c1ccc(Oc2ccc(C(N)CC)nc2)cc1. The third-order valence-corrected chi connectivity index (χ3v) is 3.88. The minimum absolute atomic E-state index is 0.00568. The highest BCUT2D eigenvalue weighted by molar-refractivity contribution is 5.33. The molecule has 2 rings (SSSR count). The Labute approximate surface area is 127 Å². The van der Waals surface area contributed by atoms with Crippen LogP contribution in [-0.4, -0.2) is 4.98 Å². The highest BCUT2D eigenvalue weighted by atomic mass is 16.5. The van der Waals surface area contributed by atoms with Crippen LogP contribution < -0.4 is 10.5 Å². The van der Waals surface area contributed by atoms with E-state index in [-0.39, 0.29) is 6.04 Å². The fourth-order valence-corrected chi connectivity index (χ4v) is 2.12. The Balaban J connectivity index is 2.04. The number of ether oxygens (including phenoxy) is 1. The van der Waals surface area contributed by atoms with Crippen molar-refractivity contribution in [2.24, 2.45) is 5.73 Å². The van der Waals surface area contributed by atoms with Crippen molar-refractivity contribution < 1.29 is 4.74 Å². The number of nitrogens with two attached hydrogens (primary N) is 1. The van der Waals surface area contributed by atoms with Crippen molar-refractivity contribution in [3.05, 3.63) is 53.9 Å². The number of nitrogens with zero attached hydrogens (tertiary/aromatic N) is 1. The van der Waals surface area contributed by atoms with Gasteiger partial charge < -0.3 is 10.5 Å². The van der Waals surface area contributed by atoms with Crippen molar-refractivity contribution in [2.45, 2.75) is 45.6 Å². The molecule has 0 saturated carbocycles. The van der Waals surface area contributed by atoms with Crippen molar-refractivity contribution in [3.8, 4) is 11.5 Å². The second kappa shape index (κ2) is 7.23. The largest absolute Gasteiger partial charge is 0.456 e. The van der Waals surface area contributed by atoms with Gasteiger partial charge in [0.1, 0.15) is 11.5 Å². The zero-order valence-electron chi connectivity index (χ0n) is 13.0. The molecule has 2 N–H and O–H groups in total. The van der Waals surface area contributed by atoms with Crippen LogP contribution in [0.2, 0.25) is 0 Å². The maximum atomic E-state index is 5.95. The van der Waals surface area contributed by atoms with E-state index >= 15 is 0 Å².